The van der Waals surface area contributed by atoms with Gasteiger partial charge in [0.15, 0.2) is 0 Å². The zero-order valence-corrected chi connectivity index (χ0v) is 20.1. The Morgan fingerprint density at radius 1 is 0.943 bits per heavy atom. The fourth-order valence-corrected chi connectivity index (χ4v) is 4.84. The molecule has 1 aliphatic carbocycles. The Morgan fingerprint density at radius 2 is 1.60 bits per heavy atom. The van der Waals surface area contributed by atoms with E-state index >= 15 is 0 Å². The number of amides is 2. The van der Waals surface area contributed by atoms with Gasteiger partial charge in [0.05, 0.1) is 13.2 Å². The van der Waals surface area contributed by atoms with Crippen LogP contribution in [0.3, 0.4) is 0 Å². The number of carbonyl (C=O) groups excluding carboxylic acids is 2. The van der Waals surface area contributed by atoms with E-state index in [1.165, 1.54) is 0 Å². The van der Waals surface area contributed by atoms with Crippen molar-refractivity contribution in [1.29, 1.82) is 0 Å². The van der Waals surface area contributed by atoms with Crippen molar-refractivity contribution in [3.8, 4) is 0 Å². The fourth-order valence-electron chi connectivity index (χ4n) is 4.71. The Kier molecular flexibility index (Phi) is 8.41. The predicted octanol–water partition coefficient (Wildman–Crippen LogP) is 4.12. The van der Waals surface area contributed by atoms with Gasteiger partial charge in [-0.3, -0.25) is 14.5 Å². The minimum atomic E-state index is -0.467. The predicted molar refractivity (Wildman–Crippen MR) is 136 cm³/mol. The second-order valence-corrected chi connectivity index (χ2v) is 9.18. The van der Waals surface area contributed by atoms with E-state index in [2.05, 4.69) is 15.5 Å². The standard InChI is InChI=1S/C26H30ClN3O5/c27-18-7-9-19(10-8-18)28-26(34)24-23(21-3-1-2-4-22(21)35-24)29-25(33)17-5-11-20(12-6-17)30(13-15-31)14-16-32/h1-4,7-10,17,20,31-32H,5-6,11-16H2,(H,28,34)(H,29,33)/t17-,20-. The van der Waals surface area contributed by atoms with Gasteiger partial charge in [-0.25, -0.2) is 0 Å². The molecule has 0 saturated heterocycles. The molecular weight excluding hydrogens is 470 g/mol. The van der Waals surface area contributed by atoms with Crippen molar-refractivity contribution in [3.05, 3.63) is 59.3 Å². The van der Waals surface area contributed by atoms with E-state index in [-0.39, 0.29) is 36.8 Å². The molecule has 1 heterocycles. The van der Waals surface area contributed by atoms with E-state index in [4.69, 9.17) is 16.0 Å². The molecule has 186 valence electrons. The minimum absolute atomic E-state index is 0.0365. The summed E-state index contributed by atoms with van der Waals surface area (Å²) >= 11 is 5.93. The van der Waals surface area contributed by atoms with Gasteiger partial charge in [0.2, 0.25) is 11.7 Å². The third-order valence-electron chi connectivity index (χ3n) is 6.51. The summed E-state index contributed by atoms with van der Waals surface area (Å²) in [6, 6.07) is 14.2. The van der Waals surface area contributed by atoms with E-state index in [1.54, 1.807) is 30.3 Å². The number of aliphatic hydroxyl groups excluding tert-OH is 2. The number of para-hydroxylation sites is 1. The molecule has 1 fully saturated rings. The number of benzene rings is 2. The van der Waals surface area contributed by atoms with Crippen molar-refractivity contribution >= 4 is 45.8 Å². The fraction of sp³-hybridized carbons (Fsp3) is 0.385. The average molecular weight is 500 g/mol. The maximum Gasteiger partial charge on any atom is 0.293 e. The molecule has 0 spiro atoms. The molecule has 3 aromatic rings. The van der Waals surface area contributed by atoms with Crippen LogP contribution in [0.5, 0.6) is 0 Å². The Bertz CT molecular complexity index is 1150. The highest BCUT2D eigenvalue weighted by Gasteiger charge is 2.31. The third kappa shape index (κ3) is 6.02. The lowest BCUT2D eigenvalue weighted by atomic mass is 9.84. The summed E-state index contributed by atoms with van der Waals surface area (Å²) in [6.45, 7) is 1.09. The lowest BCUT2D eigenvalue weighted by molar-refractivity contribution is -0.121. The largest absolute Gasteiger partial charge is 0.449 e. The molecule has 4 N–H and O–H groups in total. The van der Waals surface area contributed by atoms with E-state index in [0.717, 1.165) is 12.8 Å². The van der Waals surface area contributed by atoms with Crippen LogP contribution in [0.1, 0.15) is 36.2 Å². The maximum absolute atomic E-state index is 13.2. The SMILES string of the molecule is O=C(Nc1ccc(Cl)cc1)c1oc2ccccc2c1NC(=O)[C@H]1CC[C@H](N(CCO)CCO)CC1. The normalized spacial score (nSPS) is 18.1. The van der Waals surface area contributed by atoms with Gasteiger partial charge in [-0.2, -0.15) is 0 Å². The van der Waals surface area contributed by atoms with Gasteiger partial charge in [-0.05, 0) is 62.1 Å². The highest BCUT2D eigenvalue weighted by Crippen LogP contribution is 2.34. The second-order valence-electron chi connectivity index (χ2n) is 8.74. The number of hydrogen-bond acceptors (Lipinski definition) is 6. The van der Waals surface area contributed by atoms with Crippen LogP contribution in [-0.4, -0.2) is 59.3 Å². The number of aliphatic hydroxyl groups is 2. The number of rotatable bonds is 9. The first-order chi connectivity index (χ1) is 17.0. The number of nitrogens with zero attached hydrogens (tertiary/aromatic N) is 1. The number of halogens is 1. The molecule has 0 aliphatic heterocycles. The van der Waals surface area contributed by atoms with Crippen LogP contribution < -0.4 is 10.6 Å². The molecule has 1 aromatic heterocycles. The first-order valence-corrected chi connectivity index (χ1v) is 12.2. The van der Waals surface area contributed by atoms with Gasteiger partial charge in [0, 0.05) is 41.1 Å². The first kappa shape index (κ1) is 25.2. The van der Waals surface area contributed by atoms with Crippen LogP contribution in [0.25, 0.3) is 11.0 Å². The van der Waals surface area contributed by atoms with Gasteiger partial charge in [0.1, 0.15) is 11.3 Å². The molecule has 2 aromatic carbocycles. The molecule has 2 amide bonds. The molecule has 9 heteroatoms. The Balaban J connectivity index is 1.48. The molecule has 0 bridgehead atoms. The molecule has 0 atom stereocenters. The Labute approximate surface area is 208 Å². The Hall–Kier alpha value is -2.91. The highest BCUT2D eigenvalue weighted by molar-refractivity contribution is 6.30. The van der Waals surface area contributed by atoms with Gasteiger partial charge in [0.25, 0.3) is 5.91 Å². The molecule has 8 nitrogen and oxygen atoms in total. The minimum Gasteiger partial charge on any atom is -0.449 e. The number of hydrogen-bond donors (Lipinski definition) is 4. The zero-order chi connectivity index (χ0) is 24.8. The van der Waals surface area contributed by atoms with Crippen LogP contribution in [0.4, 0.5) is 11.4 Å². The number of carbonyl (C=O) groups is 2. The van der Waals surface area contributed by atoms with Crippen LogP contribution in [-0.2, 0) is 4.79 Å². The molecule has 1 aliphatic rings. The van der Waals surface area contributed by atoms with E-state index in [9.17, 15) is 19.8 Å². The van der Waals surface area contributed by atoms with E-state index in [1.807, 2.05) is 18.2 Å². The number of nitrogens with one attached hydrogen (secondary N) is 2. The summed E-state index contributed by atoms with van der Waals surface area (Å²) in [7, 11) is 0. The van der Waals surface area contributed by atoms with Gasteiger partial charge in [-0.15, -0.1) is 0 Å². The average Bonchev–Trinajstić information content (AvgIpc) is 3.24. The maximum atomic E-state index is 13.2. The van der Waals surface area contributed by atoms with Crippen molar-refractivity contribution in [2.75, 3.05) is 36.9 Å². The smallest absolute Gasteiger partial charge is 0.293 e. The molecule has 4 rings (SSSR count). The van der Waals surface area contributed by atoms with Crippen LogP contribution in [0.2, 0.25) is 5.02 Å². The summed E-state index contributed by atoms with van der Waals surface area (Å²) in [4.78, 5) is 28.3. The number of furan rings is 1. The molecular formula is C26H30ClN3O5. The summed E-state index contributed by atoms with van der Waals surface area (Å²) < 4.78 is 5.84. The van der Waals surface area contributed by atoms with E-state index < -0.39 is 5.91 Å². The quantitative estimate of drug-likeness (QED) is 0.352. The van der Waals surface area contributed by atoms with Crippen molar-refractivity contribution in [1.82, 2.24) is 4.90 Å². The van der Waals surface area contributed by atoms with Gasteiger partial charge >= 0.3 is 0 Å². The van der Waals surface area contributed by atoms with Crippen LogP contribution in [0.15, 0.2) is 52.9 Å². The number of fused-ring (bicyclic) bond motifs is 1. The van der Waals surface area contributed by atoms with E-state index in [0.29, 0.717) is 53.3 Å². The van der Waals surface area contributed by atoms with Crippen molar-refractivity contribution < 1.29 is 24.2 Å². The van der Waals surface area contributed by atoms with Crippen molar-refractivity contribution in [2.45, 2.75) is 31.7 Å². The summed E-state index contributed by atoms with van der Waals surface area (Å²) in [5.41, 5.74) is 1.43. The van der Waals surface area contributed by atoms with Gasteiger partial charge < -0.3 is 25.3 Å². The van der Waals surface area contributed by atoms with Crippen LogP contribution in [0, 0.1) is 5.92 Å². The summed E-state index contributed by atoms with van der Waals surface area (Å²) in [5.74, 6) is -0.768. The van der Waals surface area contributed by atoms with Crippen molar-refractivity contribution in [3.63, 3.8) is 0 Å². The summed E-state index contributed by atoms with van der Waals surface area (Å²) in [5, 5.41) is 25.6. The number of anilines is 2. The lowest BCUT2D eigenvalue weighted by Gasteiger charge is -2.36. The second kappa shape index (κ2) is 11.7. The molecule has 35 heavy (non-hydrogen) atoms. The van der Waals surface area contributed by atoms with Crippen molar-refractivity contribution in [2.24, 2.45) is 5.92 Å². The Morgan fingerprint density at radius 3 is 2.26 bits per heavy atom. The zero-order valence-electron chi connectivity index (χ0n) is 19.4. The first-order valence-electron chi connectivity index (χ1n) is 11.8. The molecule has 0 unspecified atom stereocenters. The third-order valence-corrected chi connectivity index (χ3v) is 6.76. The van der Waals surface area contributed by atoms with Gasteiger partial charge in [-0.1, -0.05) is 23.7 Å². The molecule has 1 saturated carbocycles. The van der Waals surface area contributed by atoms with Crippen LogP contribution >= 0.6 is 11.6 Å². The monoisotopic (exact) mass is 499 g/mol. The molecule has 0 radical (unpaired) electrons. The lowest BCUT2D eigenvalue weighted by Crippen LogP contribution is -2.42. The highest BCUT2D eigenvalue weighted by atomic mass is 35.5. The topological polar surface area (TPSA) is 115 Å². The summed E-state index contributed by atoms with van der Waals surface area (Å²) in [6.07, 6.45) is 2.97.